The smallest absolute Gasteiger partial charge is 0.234 e. The highest BCUT2D eigenvalue weighted by Crippen LogP contribution is 2.24. The summed E-state index contributed by atoms with van der Waals surface area (Å²) in [6, 6.07) is 11.7. The molecule has 0 bridgehead atoms. The Morgan fingerprint density at radius 3 is 2.59 bits per heavy atom. The number of hydrogen-bond donors (Lipinski definition) is 1. The third-order valence-electron chi connectivity index (χ3n) is 4.36. The number of anilines is 1. The largest absolute Gasteiger partial charge is 0.385 e. The van der Waals surface area contributed by atoms with Crippen molar-refractivity contribution in [2.24, 2.45) is 0 Å². The summed E-state index contributed by atoms with van der Waals surface area (Å²) >= 11 is 1.38. The van der Waals surface area contributed by atoms with Crippen molar-refractivity contribution in [1.29, 1.82) is 0 Å². The van der Waals surface area contributed by atoms with Gasteiger partial charge in [0.15, 0.2) is 11.0 Å². The molecule has 152 valence electrons. The molecular formula is C21H25N5O2S. The van der Waals surface area contributed by atoms with Crippen LogP contribution in [0.15, 0.2) is 53.9 Å². The van der Waals surface area contributed by atoms with Gasteiger partial charge in [0.1, 0.15) is 0 Å². The molecule has 8 heteroatoms. The highest BCUT2D eigenvalue weighted by molar-refractivity contribution is 7.99. The second-order valence-electron chi connectivity index (χ2n) is 6.43. The van der Waals surface area contributed by atoms with Crippen molar-refractivity contribution in [1.82, 2.24) is 19.7 Å². The zero-order valence-electron chi connectivity index (χ0n) is 16.7. The van der Waals surface area contributed by atoms with E-state index in [1.54, 1.807) is 19.5 Å². The van der Waals surface area contributed by atoms with E-state index in [1.807, 2.05) is 41.0 Å². The minimum Gasteiger partial charge on any atom is -0.385 e. The van der Waals surface area contributed by atoms with Crippen LogP contribution < -0.4 is 5.32 Å². The normalized spacial score (nSPS) is 10.8. The molecule has 0 spiro atoms. The summed E-state index contributed by atoms with van der Waals surface area (Å²) in [5, 5.41) is 12.3. The first kappa shape index (κ1) is 21.0. The maximum Gasteiger partial charge on any atom is 0.234 e. The van der Waals surface area contributed by atoms with Gasteiger partial charge >= 0.3 is 0 Å². The second-order valence-corrected chi connectivity index (χ2v) is 7.37. The molecule has 1 N–H and O–H groups in total. The van der Waals surface area contributed by atoms with Gasteiger partial charge in [-0.25, -0.2) is 0 Å². The van der Waals surface area contributed by atoms with Crippen LogP contribution in [0.25, 0.3) is 11.4 Å². The first-order valence-corrected chi connectivity index (χ1v) is 10.5. The van der Waals surface area contributed by atoms with E-state index < -0.39 is 0 Å². The minimum atomic E-state index is -0.0730. The Bertz CT molecular complexity index is 913. The summed E-state index contributed by atoms with van der Waals surface area (Å²) in [4.78, 5) is 16.4. The molecule has 0 saturated carbocycles. The second kappa shape index (κ2) is 10.7. The number of nitrogens with one attached hydrogen (secondary N) is 1. The van der Waals surface area contributed by atoms with Crippen LogP contribution in [-0.4, -0.2) is 45.1 Å². The van der Waals surface area contributed by atoms with Gasteiger partial charge in [-0.05, 0) is 42.7 Å². The van der Waals surface area contributed by atoms with Crippen LogP contribution in [0.5, 0.6) is 0 Å². The number of pyridine rings is 1. The maximum atomic E-state index is 12.4. The van der Waals surface area contributed by atoms with Crippen molar-refractivity contribution < 1.29 is 9.53 Å². The van der Waals surface area contributed by atoms with Gasteiger partial charge in [0, 0.05) is 43.9 Å². The van der Waals surface area contributed by atoms with Gasteiger partial charge in [-0.15, -0.1) is 10.2 Å². The molecular weight excluding hydrogens is 386 g/mol. The Labute approximate surface area is 174 Å². The number of nitrogens with zero attached hydrogens (tertiary/aromatic N) is 4. The van der Waals surface area contributed by atoms with Gasteiger partial charge in [-0.2, -0.15) is 0 Å². The van der Waals surface area contributed by atoms with E-state index in [2.05, 4.69) is 27.4 Å². The number of amides is 1. The molecule has 0 aliphatic rings. The average molecular weight is 412 g/mol. The summed E-state index contributed by atoms with van der Waals surface area (Å²) < 4.78 is 7.20. The summed E-state index contributed by atoms with van der Waals surface area (Å²) in [6.45, 7) is 3.46. The van der Waals surface area contributed by atoms with E-state index in [1.165, 1.54) is 17.3 Å². The van der Waals surface area contributed by atoms with Crippen molar-refractivity contribution in [3.8, 4) is 11.4 Å². The van der Waals surface area contributed by atoms with Crippen LogP contribution in [0, 0.1) is 0 Å². The number of aromatic nitrogens is 4. The molecule has 29 heavy (non-hydrogen) atoms. The highest BCUT2D eigenvalue weighted by Gasteiger charge is 2.15. The SMILES string of the molecule is CCc1ccc(NC(=O)CSc2nnc(-c3ccncc3)n2CCCOC)cc1. The summed E-state index contributed by atoms with van der Waals surface area (Å²) in [7, 11) is 1.68. The number of carbonyl (C=O) groups is 1. The quantitative estimate of drug-likeness (QED) is 0.405. The predicted molar refractivity (Wildman–Crippen MR) is 115 cm³/mol. The fraction of sp³-hybridized carbons (Fsp3) is 0.333. The van der Waals surface area contributed by atoms with Gasteiger partial charge in [0.25, 0.3) is 0 Å². The van der Waals surface area contributed by atoms with Gasteiger partial charge in [0.05, 0.1) is 5.75 Å². The van der Waals surface area contributed by atoms with Crippen molar-refractivity contribution >= 4 is 23.4 Å². The zero-order chi connectivity index (χ0) is 20.5. The Morgan fingerprint density at radius 1 is 1.14 bits per heavy atom. The van der Waals surface area contributed by atoms with E-state index >= 15 is 0 Å². The zero-order valence-corrected chi connectivity index (χ0v) is 17.5. The van der Waals surface area contributed by atoms with E-state index in [4.69, 9.17) is 4.74 Å². The maximum absolute atomic E-state index is 12.4. The van der Waals surface area contributed by atoms with Crippen molar-refractivity contribution in [2.45, 2.75) is 31.5 Å². The van der Waals surface area contributed by atoms with Crippen LogP contribution in [0.1, 0.15) is 18.9 Å². The predicted octanol–water partition coefficient (Wildman–Crippen LogP) is 3.67. The lowest BCUT2D eigenvalue weighted by Crippen LogP contribution is -2.15. The molecule has 7 nitrogen and oxygen atoms in total. The number of thioether (sulfide) groups is 1. The molecule has 3 aromatic rings. The number of aryl methyl sites for hydroxylation is 1. The molecule has 0 aliphatic heterocycles. The topological polar surface area (TPSA) is 81.9 Å². The molecule has 0 atom stereocenters. The molecule has 0 aliphatic carbocycles. The molecule has 2 heterocycles. The lowest BCUT2D eigenvalue weighted by Gasteiger charge is -2.10. The van der Waals surface area contributed by atoms with Crippen LogP contribution in [0.4, 0.5) is 5.69 Å². The van der Waals surface area contributed by atoms with E-state index in [0.29, 0.717) is 18.3 Å². The van der Waals surface area contributed by atoms with Gasteiger partial charge in [-0.3, -0.25) is 9.78 Å². The lowest BCUT2D eigenvalue weighted by atomic mass is 10.1. The number of rotatable bonds is 10. The molecule has 1 amide bonds. The molecule has 2 aromatic heterocycles. The Kier molecular flexibility index (Phi) is 7.77. The van der Waals surface area contributed by atoms with E-state index in [9.17, 15) is 4.79 Å². The van der Waals surface area contributed by atoms with Crippen LogP contribution in [0.3, 0.4) is 0 Å². The Balaban J connectivity index is 1.67. The lowest BCUT2D eigenvalue weighted by molar-refractivity contribution is -0.113. The average Bonchev–Trinajstić information content (AvgIpc) is 3.16. The molecule has 0 radical (unpaired) electrons. The summed E-state index contributed by atoms with van der Waals surface area (Å²) in [5.74, 6) is 0.951. The fourth-order valence-electron chi connectivity index (χ4n) is 2.83. The summed E-state index contributed by atoms with van der Waals surface area (Å²) in [6.07, 6.45) is 5.26. The van der Waals surface area contributed by atoms with Gasteiger partial charge in [0.2, 0.25) is 5.91 Å². The van der Waals surface area contributed by atoms with Crippen molar-refractivity contribution in [3.05, 3.63) is 54.4 Å². The molecule has 0 unspecified atom stereocenters. The Hall–Kier alpha value is -2.71. The monoisotopic (exact) mass is 411 g/mol. The molecule has 0 saturated heterocycles. The first-order chi connectivity index (χ1) is 14.2. The molecule has 0 fully saturated rings. The van der Waals surface area contributed by atoms with Crippen LogP contribution in [0.2, 0.25) is 0 Å². The Morgan fingerprint density at radius 2 is 1.90 bits per heavy atom. The van der Waals surface area contributed by atoms with Gasteiger partial charge < -0.3 is 14.6 Å². The minimum absolute atomic E-state index is 0.0730. The summed E-state index contributed by atoms with van der Waals surface area (Å²) in [5.41, 5.74) is 2.98. The van der Waals surface area contributed by atoms with Gasteiger partial charge in [-0.1, -0.05) is 30.8 Å². The van der Waals surface area contributed by atoms with Crippen LogP contribution >= 0.6 is 11.8 Å². The number of methoxy groups -OCH3 is 1. The number of carbonyl (C=O) groups excluding carboxylic acids is 1. The number of benzene rings is 1. The van der Waals surface area contributed by atoms with Crippen molar-refractivity contribution in [3.63, 3.8) is 0 Å². The first-order valence-electron chi connectivity index (χ1n) is 9.55. The van der Waals surface area contributed by atoms with Crippen LogP contribution in [-0.2, 0) is 22.5 Å². The molecule has 1 aromatic carbocycles. The number of hydrogen-bond acceptors (Lipinski definition) is 6. The third kappa shape index (κ3) is 5.88. The van der Waals surface area contributed by atoms with E-state index in [-0.39, 0.29) is 11.7 Å². The highest BCUT2D eigenvalue weighted by atomic mass is 32.2. The third-order valence-corrected chi connectivity index (χ3v) is 5.33. The standard InChI is InChI=1S/C21H25N5O2S/c1-3-16-5-7-18(8-6-16)23-19(27)15-29-21-25-24-20(17-9-11-22-12-10-17)26(21)13-4-14-28-2/h5-12H,3-4,13-15H2,1-2H3,(H,23,27). The van der Waals surface area contributed by atoms with E-state index in [0.717, 1.165) is 29.9 Å². The van der Waals surface area contributed by atoms with Crippen molar-refractivity contribution in [2.75, 3.05) is 24.8 Å². The fourth-order valence-corrected chi connectivity index (χ4v) is 3.59. The number of ether oxygens (including phenoxy) is 1. The molecule has 3 rings (SSSR count).